The zero-order valence-electron chi connectivity index (χ0n) is 15.3. The van der Waals surface area contributed by atoms with Crippen LogP contribution in [0.15, 0.2) is 30.5 Å². The first kappa shape index (κ1) is 17.6. The summed E-state index contributed by atoms with van der Waals surface area (Å²) in [5, 5.41) is 4.50. The minimum Gasteiger partial charge on any atom is -0.381 e. The molecule has 0 saturated carbocycles. The predicted molar refractivity (Wildman–Crippen MR) is 101 cm³/mol. The maximum atomic E-state index is 12.4. The monoisotopic (exact) mass is 356 g/mol. The average Bonchev–Trinajstić information content (AvgIpc) is 3.06. The van der Waals surface area contributed by atoms with E-state index in [1.54, 1.807) is 0 Å². The number of H-pyrrole nitrogens is 1. The van der Waals surface area contributed by atoms with E-state index < -0.39 is 0 Å². The van der Waals surface area contributed by atoms with E-state index >= 15 is 0 Å². The highest BCUT2D eigenvalue weighted by Gasteiger charge is 2.39. The second-order valence-electron chi connectivity index (χ2n) is 7.61. The molecule has 1 amide bonds. The molecule has 1 aromatic carbocycles. The maximum absolute atomic E-state index is 12.4. The van der Waals surface area contributed by atoms with Crippen LogP contribution in [0.2, 0.25) is 0 Å². The molecule has 5 nitrogen and oxygen atoms in total. The van der Waals surface area contributed by atoms with Gasteiger partial charge in [-0.25, -0.2) is 0 Å². The summed E-state index contributed by atoms with van der Waals surface area (Å²) < 4.78 is 11.5. The molecule has 1 aromatic heterocycles. The van der Waals surface area contributed by atoms with Crippen molar-refractivity contribution in [1.29, 1.82) is 0 Å². The molecule has 0 radical (unpaired) electrons. The Hall–Kier alpha value is -1.85. The number of aromatic amines is 1. The summed E-state index contributed by atoms with van der Waals surface area (Å²) in [6.45, 7) is 2.27. The number of nitrogens with one attached hydrogen (secondary N) is 2. The molecule has 4 rings (SSSR count). The molecule has 0 bridgehead atoms. The molecule has 5 heteroatoms. The van der Waals surface area contributed by atoms with Gasteiger partial charge in [-0.2, -0.15) is 0 Å². The minimum atomic E-state index is -0.0709. The highest BCUT2D eigenvalue weighted by molar-refractivity contribution is 5.83. The third kappa shape index (κ3) is 3.94. The van der Waals surface area contributed by atoms with Gasteiger partial charge in [-0.05, 0) is 50.2 Å². The Morgan fingerprint density at radius 2 is 2.08 bits per heavy atom. The second kappa shape index (κ2) is 7.80. The smallest absolute Gasteiger partial charge is 0.220 e. The number of hydrogen-bond donors (Lipinski definition) is 2. The van der Waals surface area contributed by atoms with Gasteiger partial charge >= 0.3 is 0 Å². The van der Waals surface area contributed by atoms with Crippen LogP contribution in [0.5, 0.6) is 0 Å². The molecule has 2 aliphatic rings. The van der Waals surface area contributed by atoms with Gasteiger partial charge < -0.3 is 19.8 Å². The molecule has 26 heavy (non-hydrogen) atoms. The fraction of sp³-hybridized carbons (Fsp3) is 0.571. The molecule has 2 saturated heterocycles. The van der Waals surface area contributed by atoms with Crippen LogP contribution < -0.4 is 5.32 Å². The van der Waals surface area contributed by atoms with Gasteiger partial charge in [0.25, 0.3) is 0 Å². The van der Waals surface area contributed by atoms with E-state index in [1.807, 2.05) is 6.07 Å². The first-order chi connectivity index (χ1) is 12.7. The third-order valence-electron chi connectivity index (χ3n) is 5.79. The second-order valence-corrected chi connectivity index (χ2v) is 7.61. The largest absolute Gasteiger partial charge is 0.381 e. The molecule has 1 unspecified atom stereocenters. The number of amides is 1. The van der Waals surface area contributed by atoms with E-state index in [0.29, 0.717) is 6.42 Å². The van der Waals surface area contributed by atoms with Crippen LogP contribution in [0.25, 0.3) is 10.9 Å². The Morgan fingerprint density at radius 3 is 2.96 bits per heavy atom. The summed E-state index contributed by atoms with van der Waals surface area (Å²) in [5.74, 6) is 0.166. The number of aromatic nitrogens is 1. The lowest BCUT2D eigenvalue weighted by Crippen LogP contribution is -2.51. The molecule has 3 heterocycles. The summed E-state index contributed by atoms with van der Waals surface area (Å²) in [6.07, 6.45) is 8.16. The molecular formula is C21H28N2O3. The number of rotatable bonds is 5. The normalized spacial score (nSPS) is 22.5. The summed E-state index contributed by atoms with van der Waals surface area (Å²) in [5.41, 5.74) is 2.38. The van der Waals surface area contributed by atoms with Gasteiger partial charge in [0.2, 0.25) is 5.91 Å². The summed E-state index contributed by atoms with van der Waals surface area (Å²) in [4.78, 5) is 15.7. The molecule has 0 aliphatic carbocycles. The predicted octanol–water partition coefficient (Wildman–Crippen LogP) is 3.34. The molecule has 2 N–H and O–H groups in total. The third-order valence-corrected chi connectivity index (χ3v) is 5.79. The lowest BCUT2D eigenvalue weighted by Gasteiger charge is -2.43. The van der Waals surface area contributed by atoms with Crippen molar-refractivity contribution >= 4 is 16.8 Å². The molecular weight excluding hydrogens is 328 g/mol. The lowest BCUT2D eigenvalue weighted by atomic mass is 9.84. The first-order valence-electron chi connectivity index (χ1n) is 9.80. The van der Waals surface area contributed by atoms with Crippen LogP contribution in [0.4, 0.5) is 0 Å². The van der Waals surface area contributed by atoms with Crippen LogP contribution in [0.3, 0.4) is 0 Å². The molecule has 1 atom stereocenters. The van der Waals surface area contributed by atoms with Gasteiger partial charge in [-0.3, -0.25) is 4.79 Å². The van der Waals surface area contributed by atoms with Gasteiger partial charge in [0, 0.05) is 49.4 Å². The Morgan fingerprint density at radius 1 is 1.23 bits per heavy atom. The minimum absolute atomic E-state index is 0.0709. The van der Waals surface area contributed by atoms with E-state index in [4.69, 9.17) is 9.47 Å². The van der Waals surface area contributed by atoms with Crippen molar-refractivity contribution in [3.05, 3.63) is 36.0 Å². The Balaban J connectivity index is 1.25. The van der Waals surface area contributed by atoms with Crippen LogP contribution >= 0.6 is 0 Å². The van der Waals surface area contributed by atoms with Crippen LogP contribution in [0, 0.1) is 0 Å². The van der Waals surface area contributed by atoms with Crippen LogP contribution in [-0.2, 0) is 20.7 Å². The van der Waals surface area contributed by atoms with Crippen molar-refractivity contribution in [3.63, 3.8) is 0 Å². The number of aryl methyl sites for hydroxylation is 1. The topological polar surface area (TPSA) is 63.4 Å². The quantitative estimate of drug-likeness (QED) is 0.864. The van der Waals surface area contributed by atoms with Crippen LogP contribution in [0.1, 0.15) is 44.1 Å². The van der Waals surface area contributed by atoms with E-state index in [9.17, 15) is 4.79 Å². The lowest BCUT2D eigenvalue weighted by molar-refractivity contribution is -0.144. The molecule has 140 valence electrons. The SMILES string of the molecule is O=C(CCCc1c[nH]c2ccccc12)NC1CCOC2(CCOCC2)C1. The number of carbonyl (C=O) groups is 1. The number of ether oxygens (including phenoxy) is 2. The van der Waals surface area contributed by atoms with Gasteiger partial charge in [-0.1, -0.05) is 18.2 Å². The number of para-hydroxylation sites is 1. The van der Waals surface area contributed by atoms with E-state index in [1.165, 1.54) is 10.9 Å². The van der Waals surface area contributed by atoms with Crippen molar-refractivity contribution < 1.29 is 14.3 Å². The van der Waals surface area contributed by atoms with Gasteiger partial charge in [-0.15, -0.1) is 0 Å². The van der Waals surface area contributed by atoms with Crippen molar-refractivity contribution in [3.8, 4) is 0 Å². The standard InChI is InChI=1S/C21H28N2O3/c24-20(7-3-4-16-15-22-19-6-2-1-5-18(16)19)23-17-8-11-26-21(14-17)9-12-25-13-10-21/h1-2,5-6,15,17,22H,3-4,7-14H2,(H,23,24). The maximum Gasteiger partial charge on any atom is 0.220 e. The summed E-state index contributed by atoms with van der Waals surface area (Å²) in [7, 11) is 0. The van der Waals surface area contributed by atoms with E-state index in [-0.39, 0.29) is 17.6 Å². The van der Waals surface area contributed by atoms with Crippen molar-refractivity contribution in [2.24, 2.45) is 0 Å². The van der Waals surface area contributed by atoms with Crippen molar-refractivity contribution in [1.82, 2.24) is 10.3 Å². The van der Waals surface area contributed by atoms with Crippen LogP contribution in [-0.4, -0.2) is 42.4 Å². The molecule has 1 spiro atoms. The fourth-order valence-electron chi connectivity index (χ4n) is 4.32. The average molecular weight is 356 g/mol. The van der Waals surface area contributed by atoms with E-state index in [2.05, 4.69) is 34.7 Å². The number of benzene rings is 1. The molecule has 2 aliphatic heterocycles. The zero-order chi connectivity index (χ0) is 17.8. The molecule has 2 fully saturated rings. The zero-order valence-corrected chi connectivity index (χ0v) is 15.3. The van der Waals surface area contributed by atoms with Gasteiger partial charge in [0.05, 0.1) is 5.60 Å². The molecule has 2 aromatic rings. The number of carbonyl (C=O) groups excluding carboxylic acids is 1. The van der Waals surface area contributed by atoms with Gasteiger partial charge in [0.15, 0.2) is 0 Å². The summed E-state index contributed by atoms with van der Waals surface area (Å²) in [6, 6.07) is 8.56. The number of hydrogen-bond acceptors (Lipinski definition) is 3. The van der Waals surface area contributed by atoms with Crippen molar-refractivity contribution in [2.45, 2.75) is 56.6 Å². The summed E-state index contributed by atoms with van der Waals surface area (Å²) >= 11 is 0. The first-order valence-corrected chi connectivity index (χ1v) is 9.80. The van der Waals surface area contributed by atoms with E-state index in [0.717, 1.165) is 63.9 Å². The Labute approximate surface area is 154 Å². The van der Waals surface area contributed by atoms with Crippen molar-refractivity contribution in [2.75, 3.05) is 19.8 Å². The highest BCUT2D eigenvalue weighted by atomic mass is 16.5. The number of fused-ring (bicyclic) bond motifs is 1. The van der Waals surface area contributed by atoms with Gasteiger partial charge in [0.1, 0.15) is 0 Å². The fourth-order valence-corrected chi connectivity index (χ4v) is 4.32. The highest BCUT2D eigenvalue weighted by Crippen LogP contribution is 2.34. The Kier molecular flexibility index (Phi) is 5.27. The Bertz CT molecular complexity index is 743.